The molecule has 0 fully saturated rings. The predicted octanol–water partition coefficient (Wildman–Crippen LogP) is 2.96. The number of sulfone groups is 1. The fraction of sp³-hybridized carbons (Fsp3) is 0.400. The molecule has 0 unspecified atom stereocenters. The van der Waals surface area contributed by atoms with E-state index in [2.05, 4.69) is 24.1 Å². The van der Waals surface area contributed by atoms with E-state index in [-0.39, 0.29) is 4.90 Å². The zero-order valence-electron chi connectivity index (χ0n) is 16.8. The molecule has 1 aliphatic rings. The molecule has 29 heavy (non-hydrogen) atoms. The number of nitrogens with zero attached hydrogens (tertiary/aromatic N) is 1. The number of amides is 1. The van der Waals surface area contributed by atoms with Crippen molar-refractivity contribution in [2.75, 3.05) is 25.2 Å². The molecule has 0 atom stereocenters. The second-order valence-corrected chi connectivity index (χ2v) is 10.4. The number of carbonyl (C=O) groups is 2. The highest BCUT2D eigenvalue weighted by Gasteiger charge is 2.30. The van der Waals surface area contributed by atoms with Gasteiger partial charge in [-0.2, -0.15) is 0 Å². The molecule has 0 bridgehead atoms. The Balaban J connectivity index is 1.90. The summed E-state index contributed by atoms with van der Waals surface area (Å²) in [4.78, 5) is 28.6. The molecule has 0 spiro atoms. The van der Waals surface area contributed by atoms with Gasteiger partial charge in [-0.3, -0.25) is 9.69 Å². The zero-order chi connectivity index (χ0) is 21.3. The van der Waals surface area contributed by atoms with Crippen molar-refractivity contribution in [2.45, 2.75) is 37.8 Å². The maximum atomic E-state index is 12.7. The van der Waals surface area contributed by atoms with Crippen LogP contribution in [-0.4, -0.2) is 51.1 Å². The molecule has 156 valence electrons. The van der Waals surface area contributed by atoms with Gasteiger partial charge in [-0.05, 0) is 50.1 Å². The first-order valence-corrected chi connectivity index (χ1v) is 11.9. The molecule has 1 aliphatic heterocycles. The quantitative estimate of drug-likeness (QED) is 0.725. The number of ether oxygens (including phenoxy) is 1. The van der Waals surface area contributed by atoms with E-state index in [1.807, 2.05) is 0 Å². The molecule has 7 nitrogen and oxygen atoms in total. The lowest BCUT2D eigenvalue weighted by atomic mass is 10.0. The van der Waals surface area contributed by atoms with Gasteiger partial charge in [0, 0.05) is 35.8 Å². The number of esters is 1. The van der Waals surface area contributed by atoms with Crippen LogP contribution in [0.5, 0.6) is 0 Å². The second-order valence-electron chi connectivity index (χ2n) is 7.26. The minimum atomic E-state index is -3.34. The Bertz CT molecular complexity index is 1040. The molecule has 1 aromatic carbocycles. The van der Waals surface area contributed by atoms with Gasteiger partial charge < -0.3 is 10.1 Å². The van der Waals surface area contributed by atoms with Crippen LogP contribution in [0.25, 0.3) is 0 Å². The van der Waals surface area contributed by atoms with Gasteiger partial charge in [-0.15, -0.1) is 11.3 Å². The van der Waals surface area contributed by atoms with Crippen LogP contribution in [0.3, 0.4) is 0 Å². The van der Waals surface area contributed by atoms with Crippen molar-refractivity contribution in [1.29, 1.82) is 0 Å². The van der Waals surface area contributed by atoms with Crippen molar-refractivity contribution < 1.29 is 22.7 Å². The van der Waals surface area contributed by atoms with Crippen LogP contribution in [0.4, 0.5) is 5.00 Å². The Morgan fingerprint density at radius 1 is 1.21 bits per heavy atom. The summed E-state index contributed by atoms with van der Waals surface area (Å²) in [6, 6.07) is 6.09. The van der Waals surface area contributed by atoms with Crippen molar-refractivity contribution in [2.24, 2.45) is 0 Å². The second kappa shape index (κ2) is 8.25. The van der Waals surface area contributed by atoms with E-state index in [4.69, 9.17) is 4.74 Å². The van der Waals surface area contributed by atoms with Crippen LogP contribution in [0.1, 0.15) is 45.0 Å². The molecule has 1 amide bonds. The van der Waals surface area contributed by atoms with Crippen LogP contribution in [0.15, 0.2) is 29.2 Å². The summed E-state index contributed by atoms with van der Waals surface area (Å²) in [5.41, 5.74) is 1.65. The molecule has 3 rings (SSSR count). The number of carbonyl (C=O) groups excluding carboxylic acids is 2. The number of rotatable bonds is 5. The molecule has 0 radical (unpaired) electrons. The minimum Gasteiger partial charge on any atom is -0.465 e. The lowest BCUT2D eigenvalue weighted by molar-refractivity contribution is 0.0600. The Kier molecular flexibility index (Phi) is 6.11. The molecule has 0 saturated heterocycles. The molecule has 2 aromatic rings. The number of fused-ring (bicyclic) bond motifs is 1. The third-order valence-corrected chi connectivity index (χ3v) is 7.24. The zero-order valence-corrected chi connectivity index (χ0v) is 18.4. The summed E-state index contributed by atoms with van der Waals surface area (Å²) < 4.78 is 28.1. The van der Waals surface area contributed by atoms with Crippen molar-refractivity contribution in [1.82, 2.24) is 4.90 Å². The molecular weight excluding hydrogens is 412 g/mol. The smallest absolute Gasteiger partial charge is 0.341 e. The van der Waals surface area contributed by atoms with E-state index in [9.17, 15) is 18.0 Å². The van der Waals surface area contributed by atoms with Gasteiger partial charge in [0.1, 0.15) is 5.00 Å². The fourth-order valence-corrected chi connectivity index (χ4v) is 5.19. The number of hydrogen-bond acceptors (Lipinski definition) is 7. The number of thiophene rings is 1. The highest BCUT2D eigenvalue weighted by Crippen LogP contribution is 2.38. The van der Waals surface area contributed by atoms with E-state index in [1.54, 1.807) is 0 Å². The van der Waals surface area contributed by atoms with Crippen molar-refractivity contribution >= 4 is 38.1 Å². The molecular formula is C20H24N2O5S2. The average molecular weight is 437 g/mol. The van der Waals surface area contributed by atoms with Crippen LogP contribution in [0.2, 0.25) is 0 Å². The van der Waals surface area contributed by atoms with E-state index in [0.29, 0.717) is 28.6 Å². The summed E-state index contributed by atoms with van der Waals surface area (Å²) in [6.07, 6.45) is 1.83. The largest absolute Gasteiger partial charge is 0.465 e. The van der Waals surface area contributed by atoms with Crippen molar-refractivity contribution in [3.8, 4) is 0 Å². The van der Waals surface area contributed by atoms with Gasteiger partial charge >= 0.3 is 5.97 Å². The molecule has 0 saturated carbocycles. The lowest BCUT2D eigenvalue weighted by Crippen LogP contribution is -2.35. The first-order valence-electron chi connectivity index (χ1n) is 9.20. The fourth-order valence-electron chi connectivity index (χ4n) is 3.30. The molecule has 0 aliphatic carbocycles. The van der Waals surface area contributed by atoms with E-state index in [1.165, 1.54) is 42.7 Å². The summed E-state index contributed by atoms with van der Waals surface area (Å²) in [5, 5.41) is 3.27. The Hall–Kier alpha value is -2.23. The van der Waals surface area contributed by atoms with Crippen LogP contribution in [0, 0.1) is 0 Å². The summed E-state index contributed by atoms with van der Waals surface area (Å²) in [7, 11) is -2.01. The highest BCUT2D eigenvalue weighted by atomic mass is 32.2. The van der Waals surface area contributed by atoms with Crippen LogP contribution < -0.4 is 5.32 Å². The molecule has 1 N–H and O–H groups in total. The third-order valence-electron chi connectivity index (χ3n) is 4.98. The van der Waals surface area contributed by atoms with E-state index < -0.39 is 21.7 Å². The Morgan fingerprint density at radius 3 is 2.41 bits per heavy atom. The van der Waals surface area contributed by atoms with Crippen LogP contribution >= 0.6 is 11.3 Å². The standard InChI is InChI=1S/C20H24N2O5S2/c1-12(2)22-10-9-15-16(11-22)28-19(17(15)20(24)27-3)21-18(23)13-5-7-14(8-6-13)29(4,25)26/h5-8,12H,9-11H2,1-4H3,(H,21,23). The predicted molar refractivity (Wildman–Crippen MR) is 112 cm³/mol. The van der Waals surface area contributed by atoms with Gasteiger partial charge in [0.2, 0.25) is 0 Å². The van der Waals surface area contributed by atoms with Crippen LogP contribution in [-0.2, 0) is 27.5 Å². The van der Waals surface area contributed by atoms with Crippen molar-refractivity contribution in [3.05, 3.63) is 45.8 Å². The summed E-state index contributed by atoms with van der Waals surface area (Å²) in [5.74, 6) is -0.877. The Morgan fingerprint density at radius 2 is 1.86 bits per heavy atom. The van der Waals surface area contributed by atoms with Gasteiger partial charge in [-0.1, -0.05) is 0 Å². The number of anilines is 1. The maximum Gasteiger partial charge on any atom is 0.341 e. The Labute approximate surface area is 174 Å². The lowest BCUT2D eigenvalue weighted by Gasteiger charge is -2.30. The monoisotopic (exact) mass is 436 g/mol. The van der Waals surface area contributed by atoms with E-state index >= 15 is 0 Å². The summed E-state index contributed by atoms with van der Waals surface area (Å²) >= 11 is 1.39. The minimum absolute atomic E-state index is 0.143. The topological polar surface area (TPSA) is 92.8 Å². The molecule has 1 aromatic heterocycles. The normalized spacial score (nSPS) is 14.5. The third kappa shape index (κ3) is 4.52. The van der Waals surface area contributed by atoms with Gasteiger partial charge in [0.05, 0.1) is 17.6 Å². The first-order chi connectivity index (χ1) is 13.6. The highest BCUT2D eigenvalue weighted by molar-refractivity contribution is 7.90. The number of methoxy groups -OCH3 is 1. The van der Waals surface area contributed by atoms with E-state index in [0.717, 1.165) is 29.8 Å². The molecule has 9 heteroatoms. The van der Waals surface area contributed by atoms with Gasteiger partial charge in [0.25, 0.3) is 5.91 Å². The molecule has 2 heterocycles. The SMILES string of the molecule is COC(=O)c1c(NC(=O)c2ccc(S(C)(=O)=O)cc2)sc2c1CCN(C(C)C)C2. The van der Waals surface area contributed by atoms with Gasteiger partial charge in [-0.25, -0.2) is 13.2 Å². The van der Waals surface area contributed by atoms with Crippen molar-refractivity contribution in [3.63, 3.8) is 0 Å². The average Bonchev–Trinajstić information content (AvgIpc) is 3.03. The summed E-state index contributed by atoms with van der Waals surface area (Å²) in [6.45, 7) is 5.82. The van der Waals surface area contributed by atoms with Gasteiger partial charge in [0.15, 0.2) is 9.84 Å². The maximum absolute atomic E-state index is 12.7. The first kappa shape index (κ1) is 21.5. The number of benzene rings is 1. The number of hydrogen-bond donors (Lipinski definition) is 1. The number of nitrogens with one attached hydrogen (secondary N) is 1.